The number of carbonyl (C=O) groups excluding carboxylic acids is 2. The molecule has 0 saturated heterocycles. The van der Waals surface area contributed by atoms with E-state index >= 15 is 0 Å². The van der Waals surface area contributed by atoms with Crippen LogP contribution in [0.25, 0.3) is 0 Å². The van der Waals surface area contributed by atoms with E-state index in [0.29, 0.717) is 6.54 Å². The molecule has 0 fully saturated rings. The first-order valence-electron chi connectivity index (χ1n) is 9.68. The smallest absolute Gasteiger partial charge is 0.261 e. The van der Waals surface area contributed by atoms with Gasteiger partial charge >= 0.3 is 0 Å². The van der Waals surface area contributed by atoms with E-state index in [-0.39, 0.29) is 24.4 Å². The van der Waals surface area contributed by atoms with Crippen molar-refractivity contribution in [3.63, 3.8) is 0 Å². The summed E-state index contributed by atoms with van der Waals surface area (Å²) in [5.74, 6) is -0.305. The number of carbonyl (C=O) groups is 2. The average Bonchev–Trinajstić information content (AvgIpc) is 3.15. The first-order valence-corrected chi connectivity index (χ1v) is 10.5. The van der Waals surface area contributed by atoms with Crippen molar-refractivity contribution in [3.05, 3.63) is 56.8 Å². The van der Waals surface area contributed by atoms with Crippen LogP contribution in [0.3, 0.4) is 0 Å². The van der Waals surface area contributed by atoms with Crippen molar-refractivity contribution in [2.45, 2.75) is 38.1 Å². The number of thiophene rings is 1. The summed E-state index contributed by atoms with van der Waals surface area (Å²) < 4.78 is 0. The van der Waals surface area contributed by atoms with Gasteiger partial charge < -0.3 is 16.0 Å². The van der Waals surface area contributed by atoms with Crippen LogP contribution in [0.15, 0.2) is 30.3 Å². The molecular formula is C21H25N3O2S. The van der Waals surface area contributed by atoms with Crippen molar-refractivity contribution in [2.24, 2.45) is 0 Å². The number of hydrogen-bond donors (Lipinski definition) is 3. The Kier molecular flexibility index (Phi) is 5.55. The van der Waals surface area contributed by atoms with Gasteiger partial charge in [0, 0.05) is 17.5 Å². The molecule has 1 aliphatic carbocycles. The van der Waals surface area contributed by atoms with Gasteiger partial charge in [0.05, 0.1) is 11.4 Å². The SMILES string of the molecule is O=C(CNC(=O)c1cc2c(s1)CCCC2)NCC1NCCc2ccccc21. The second kappa shape index (κ2) is 8.23. The Balaban J connectivity index is 1.27. The maximum atomic E-state index is 12.3. The maximum absolute atomic E-state index is 12.3. The lowest BCUT2D eigenvalue weighted by Crippen LogP contribution is -2.42. The van der Waals surface area contributed by atoms with E-state index < -0.39 is 0 Å². The highest BCUT2D eigenvalue weighted by molar-refractivity contribution is 7.14. The summed E-state index contributed by atoms with van der Waals surface area (Å²) in [6, 6.07) is 10.5. The molecule has 27 heavy (non-hydrogen) atoms. The van der Waals surface area contributed by atoms with E-state index in [1.165, 1.54) is 34.4 Å². The monoisotopic (exact) mass is 383 g/mol. The van der Waals surface area contributed by atoms with E-state index in [2.05, 4.69) is 34.1 Å². The van der Waals surface area contributed by atoms with Crippen LogP contribution in [-0.2, 0) is 24.1 Å². The number of rotatable bonds is 5. The van der Waals surface area contributed by atoms with E-state index in [1.54, 1.807) is 11.3 Å². The third-order valence-electron chi connectivity index (χ3n) is 5.35. The molecule has 2 heterocycles. The van der Waals surface area contributed by atoms with Crippen LogP contribution in [0, 0.1) is 0 Å². The number of nitrogens with one attached hydrogen (secondary N) is 3. The number of benzene rings is 1. The van der Waals surface area contributed by atoms with Gasteiger partial charge in [-0.15, -0.1) is 11.3 Å². The maximum Gasteiger partial charge on any atom is 0.261 e. The van der Waals surface area contributed by atoms with Crippen molar-refractivity contribution in [1.29, 1.82) is 0 Å². The van der Waals surface area contributed by atoms with Crippen LogP contribution in [0.2, 0.25) is 0 Å². The second-order valence-electron chi connectivity index (χ2n) is 7.21. The van der Waals surface area contributed by atoms with E-state index in [4.69, 9.17) is 0 Å². The second-order valence-corrected chi connectivity index (χ2v) is 8.35. The summed E-state index contributed by atoms with van der Waals surface area (Å²) in [6.07, 6.45) is 5.56. The Morgan fingerprint density at radius 1 is 1.07 bits per heavy atom. The molecule has 2 aromatic rings. The summed E-state index contributed by atoms with van der Waals surface area (Å²) in [5.41, 5.74) is 3.89. The zero-order chi connectivity index (χ0) is 18.6. The van der Waals surface area contributed by atoms with Crippen LogP contribution >= 0.6 is 11.3 Å². The van der Waals surface area contributed by atoms with Crippen molar-refractivity contribution < 1.29 is 9.59 Å². The Labute approximate surface area is 163 Å². The zero-order valence-electron chi connectivity index (χ0n) is 15.3. The Bertz CT molecular complexity index is 822. The topological polar surface area (TPSA) is 70.2 Å². The minimum atomic E-state index is -0.158. The highest BCUT2D eigenvalue weighted by atomic mass is 32.1. The predicted octanol–water partition coefficient (Wildman–Crippen LogP) is 2.36. The van der Waals surface area contributed by atoms with E-state index in [0.717, 1.165) is 30.7 Å². The molecule has 3 N–H and O–H groups in total. The van der Waals surface area contributed by atoms with Gasteiger partial charge in [0.2, 0.25) is 5.91 Å². The zero-order valence-corrected chi connectivity index (χ0v) is 16.2. The molecule has 1 aromatic heterocycles. The third kappa shape index (κ3) is 4.22. The van der Waals surface area contributed by atoms with Crippen molar-refractivity contribution in [3.8, 4) is 0 Å². The molecule has 1 unspecified atom stereocenters. The van der Waals surface area contributed by atoms with E-state index in [9.17, 15) is 9.59 Å². The molecule has 0 spiro atoms. The Morgan fingerprint density at radius 3 is 2.81 bits per heavy atom. The average molecular weight is 384 g/mol. The lowest BCUT2D eigenvalue weighted by molar-refractivity contribution is -0.120. The molecular weight excluding hydrogens is 358 g/mol. The molecule has 142 valence electrons. The third-order valence-corrected chi connectivity index (χ3v) is 6.58. The molecule has 1 aromatic carbocycles. The minimum Gasteiger partial charge on any atom is -0.353 e. The molecule has 1 aliphatic heterocycles. The van der Waals surface area contributed by atoms with E-state index in [1.807, 2.05) is 12.1 Å². The Hall–Kier alpha value is -2.18. The molecule has 1 atom stereocenters. The quantitative estimate of drug-likeness (QED) is 0.742. The van der Waals surface area contributed by atoms with Crippen LogP contribution < -0.4 is 16.0 Å². The molecule has 2 aliphatic rings. The molecule has 5 nitrogen and oxygen atoms in total. The molecule has 0 radical (unpaired) electrons. The van der Waals surface area contributed by atoms with Crippen molar-refractivity contribution in [2.75, 3.05) is 19.6 Å². The number of fused-ring (bicyclic) bond motifs is 2. The molecule has 2 amide bonds. The van der Waals surface area contributed by atoms with Gasteiger partial charge in [0.15, 0.2) is 0 Å². The summed E-state index contributed by atoms with van der Waals surface area (Å²) >= 11 is 1.57. The minimum absolute atomic E-state index is 0.00969. The normalized spacial score (nSPS) is 18.3. The number of amides is 2. The van der Waals surface area contributed by atoms with Crippen LogP contribution in [-0.4, -0.2) is 31.4 Å². The Morgan fingerprint density at radius 2 is 1.93 bits per heavy atom. The van der Waals surface area contributed by atoms with Crippen molar-refractivity contribution >= 4 is 23.2 Å². The standard InChI is InChI=1S/C21H25N3O2S/c25-20(23-12-17-16-7-3-1-5-14(16)9-10-22-17)13-24-21(26)19-11-15-6-2-4-8-18(15)27-19/h1,3,5,7,11,17,22H,2,4,6,8-10,12-13H2,(H,23,25)(H,24,26). The lowest BCUT2D eigenvalue weighted by atomic mass is 9.94. The highest BCUT2D eigenvalue weighted by Gasteiger charge is 2.20. The molecule has 0 saturated carbocycles. The predicted molar refractivity (Wildman–Crippen MR) is 107 cm³/mol. The fourth-order valence-corrected chi connectivity index (χ4v) is 5.07. The van der Waals surface area contributed by atoms with Gasteiger partial charge in [-0.05, 0) is 61.4 Å². The lowest BCUT2D eigenvalue weighted by Gasteiger charge is -2.27. The van der Waals surface area contributed by atoms with Gasteiger partial charge in [-0.25, -0.2) is 0 Å². The van der Waals surface area contributed by atoms with Crippen molar-refractivity contribution in [1.82, 2.24) is 16.0 Å². The van der Waals surface area contributed by atoms with Gasteiger partial charge in [-0.2, -0.15) is 0 Å². The van der Waals surface area contributed by atoms with Crippen LogP contribution in [0.1, 0.15) is 50.1 Å². The summed E-state index contributed by atoms with van der Waals surface area (Å²) in [4.78, 5) is 26.6. The number of aryl methyl sites for hydroxylation is 2. The fraction of sp³-hybridized carbons (Fsp3) is 0.429. The van der Waals surface area contributed by atoms with Gasteiger partial charge in [0.25, 0.3) is 5.91 Å². The van der Waals surface area contributed by atoms with Crippen LogP contribution in [0.5, 0.6) is 0 Å². The van der Waals surface area contributed by atoms with Gasteiger partial charge in [0.1, 0.15) is 0 Å². The molecule has 0 bridgehead atoms. The summed E-state index contributed by atoms with van der Waals surface area (Å²) in [5, 5.41) is 9.14. The first-order chi connectivity index (χ1) is 13.2. The molecule has 6 heteroatoms. The fourth-order valence-electron chi connectivity index (χ4n) is 3.90. The van der Waals surface area contributed by atoms with Gasteiger partial charge in [-0.3, -0.25) is 9.59 Å². The van der Waals surface area contributed by atoms with Gasteiger partial charge in [-0.1, -0.05) is 24.3 Å². The summed E-state index contributed by atoms with van der Waals surface area (Å²) in [7, 11) is 0. The van der Waals surface area contributed by atoms with Crippen LogP contribution in [0.4, 0.5) is 0 Å². The highest BCUT2D eigenvalue weighted by Crippen LogP contribution is 2.29. The largest absolute Gasteiger partial charge is 0.353 e. The number of hydrogen-bond acceptors (Lipinski definition) is 4. The first kappa shape index (κ1) is 18.2. The molecule has 4 rings (SSSR count). The summed E-state index contributed by atoms with van der Waals surface area (Å²) in [6.45, 7) is 1.45.